The number of nitrogen functional groups attached to an aromatic ring is 1. The highest BCUT2D eigenvalue weighted by Gasteiger charge is 1.98. The summed E-state index contributed by atoms with van der Waals surface area (Å²) in [4.78, 5) is 15.8. The molecular formula is C15H15N3O. The maximum Gasteiger partial charge on any atom is 0.249 e. The van der Waals surface area contributed by atoms with Crippen molar-refractivity contribution in [1.29, 1.82) is 0 Å². The van der Waals surface area contributed by atoms with Gasteiger partial charge in [-0.25, -0.2) is 4.98 Å². The summed E-state index contributed by atoms with van der Waals surface area (Å²) >= 11 is 0. The van der Waals surface area contributed by atoms with Crippen LogP contribution in [-0.2, 0) is 4.79 Å². The number of carbonyl (C=O) groups is 1. The molecule has 0 unspecified atom stereocenters. The van der Waals surface area contributed by atoms with Crippen LogP contribution in [-0.4, -0.2) is 10.9 Å². The summed E-state index contributed by atoms with van der Waals surface area (Å²) in [5, 5.41) is 2.70. The van der Waals surface area contributed by atoms with Gasteiger partial charge in [-0.1, -0.05) is 12.1 Å². The summed E-state index contributed by atoms with van der Waals surface area (Å²) in [7, 11) is 0. The number of nitrogens with one attached hydrogen (secondary N) is 1. The van der Waals surface area contributed by atoms with Crippen molar-refractivity contribution < 1.29 is 4.79 Å². The number of pyridine rings is 1. The molecule has 0 atom stereocenters. The summed E-state index contributed by atoms with van der Waals surface area (Å²) in [5.74, 6) is 0.335. The van der Waals surface area contributed by atoms with Gasteiger partial charge in [-0.3, -0.25) is 4.79 Å². The van der Waals surface area contributed by atoms with E-state index in [1.807, 2.05) is 31.2 Å². The van der Waals surface area contributed by atoms with E-state index < -0.39 is 0 Å². The number of rotatable bonds is 3. The van der Waals surface area contributed by atoms with Crippen molar-refractivity contribution in [2.75, 3.05) is 11.1 Å². The normalized spacial score (nSPS) is 10.6. The van der Waals surface area contributed by atoms with E-state index in [2.05, 4.69) is 10.3 Å². The third-order valence-corrected chi connectivity index (χ3v) is 2.53. The zero-order chi connectivity index (χ0) is 13.7. The standard InChI is InChI=1S/C15H15N3O/c1-11-8-9-17-14(10-11)18-15(19)7-4-12-2-5-13(16)6-3-12/h2-10H,16H2,1H3,(H,17,18,19)/b7-4+. The largest absolute Gasteiger partial charge is 0.399 e. The summed E-state index contributed by atoms with van der Waals surface area (Å²) in [6.07, 6.45) is 4.86. The Morgan fingerprint density at radius 1 is 1.26 bits per heavy atom. The van der Waals surface area contributed by atoms with Crippen LogP contribution in [0.2, 0.25) is 0 Å². The summed E-state index contributed by atoms with van der Waals surface area (Å²) in [5.41, 5.74) is 8.25. The highest BCUT2D eigenvalue weighted by atomic mass is 16.1. The Balaban J connectivity index is 1.99. The number of hydrogen-bond acceptors (Lipinski definition) is 3. The molecule has 0 saturated carbocycles. The molecule has 4 heteroatoms. The van der Waals surface area contributed by atoms with E-state index in [4.69, 9.17) is 5.73 Å². The molecule has 0 aliphatic rings. The van der Waals surface area contributed by atoms with E-state index in [-0.39, 0.29) is 5.91 Å². The molecule has 1 aromatic carbocycles. The number of nitrogens with two attached hydrogens (primary N) is 1. The molecule has 0 aliphatic heterocycles. The molecule has 1 heterocycles. The topological polar surface area (TPSA) is 68.0 Å². The number of carbonyl (C=O) groups excluding carboxylic acids is 1. The third-order valence-electron chi connectivity index (χ3n) is 2.53. The first kappa shape index (κ1) is 12.8. The van der Waals surface area contributed by atoms with Gasteiger partial charge >= 0.3 is 0 Å². The lowest BCUT2D eigenvalue weighted by Crippen LogP contribution is -2.09. The Morgan fingerprint density at radius 2 is 2.00 bits per heavy atom. The lowest BCUT2D eigenvalue weighted by Gasteiger charge is -2.01. The summed E-state index contributed by atoms with van der Waals surface area (Å²) < 4.78 is 0. The smallest absolute Gasteiger partial charge is 0.249 e. The Labute approximate surface area is 112 Å². The van der Waals surface area contributed by atoms with Crippen LogP contribution in [0, 0.1) is 6.92 Å². The Bertz CT molecular complexity index is 603. The maximum atomic E-state index is 11.7. The monoisotopic (exact) mass is 253 g/mol. The number of amides is 1. The molecule has 2 rings (SSSR count). The molecule has 2 aromatic rings. The maximum absolute atomic E-state index is 11.7. The van der Waals surface area contributed by atoms with Crippen LogP contribution in [0.5, 0.6) is 0 Å². The molecule has 1 amide bonds. The van der Waals surface area contributed by atoms with Crippen LogP contribution < -0.4 is 11.1 Å². The quantitative estimate of drug-likeness (QED) is 0.652. The first-order chi connectivity index (χ1) is 9.13. The van der Waals surface area contributed by atoms with Gasteiger partial charge in [0.15, 0.2) is 0 Å². The molecule has 96 valence electrons. The number of benzene rings is 1. The fourth-order valence-corrected chi connectivity index (χ4v) is 1.55. The van der Waals surface area contributed by atoms with Crippen LogP contribution in [0.3, 0.4) is 0 Å². The van der Waals surface area contributed by atoms with E-state index in [9.17, 15) is 4.79 Å². The number of aryl methyl sites for hydroxylation is 1. The van der Waals surface area contributed by atoms with Crippen LogP contribution in [0.4, 0.5) is 11.5 Å². The average molecular weight is 253 g/mol. The van der Waals surface area contributed by atoms with Crippen molar-refractivity contribution in [3.8, 4) is 0 Å². The Hall–Kier alpha value is -2.62. The number of hydrogen-bond donors (Lipinski definition) is 2. The van der Waals surface area contributed by atoms with Crippen LogP contribution in [0.25, 0.3) is 6.08 Å². The second-order valence-corrected chi connectivity index (χ2v) is 4.21. The molecule has 0 spiro atoms. The third kappa shape index (κ3) is 3.96. The van der Waals surface area contributed by atoms with Crippen molar-refractivity contribution in [3.63, 3.8) is 0 Å². The molecule has 4 nitrogen and oxygen atoms in total. The summed E-state index contributed by atoms with van der Waals surface area (Å²) in [6, 6.07) is 11.0. The minimum atomic E-state index is -0.213. The van der Waals surface area contributed by atoms with Gasteiger partial charge in [-0.05, 0) is 48.4 Å². The van der Waals surface area contributed by atoms with Crippen LogP contribution in [0.15, 0.2) is 48.7 Å². The highest BCUT2D eigenvalue weighted by Crippen LogP contribution is 2.08. The van der Waals surface area contributed by atoms with Crippen molar-refractivity contribution in [1.82, 2.24) is 4.98 Å². The second-order valence-electron chi connectivity index (χ2n) is 4.21. The van der Waals surface area contributed by atoms with Crippen LogP contribution >= 0.6 is 0 Å². The lowest BCUT2D eigenvalue weighted by atomic mass is 10.2. The number of nitrogens with zero attached hydrogens (tertiary/aromatic N) is 1. The Kier molecular flexibility index (Phi) is 3.93. The molecule has 0 saturated heterocycles. The average Bonchev–Trinajstić information content (AvgIpc) is 2.38. The summed E-state index contributed by atoms with van der Waals surface area (Å²) in [6.45, 7) is 1.95. The SMILES string of the molecule is Cc1ccnc(NC(=O)/C=C/c2ccc(N)cc2)c1. The zero-order valence-electron chi connectivity index (χ0n) is 10.6. The number of anilines is 2. The fourth-order valence-electron chi connectivity index (χ4n) is 1.55. The predicted molar refractivity (Wildman–Crippen MR) is 77.5 cm³/mol. The van der Waals surface area contributed by atoms with Gasteiger partial charge in [0.05, 0.1) is 0 Å². The Morgan fingerprint density at radius 3 is 2.68 bits per heavy atom. The molecule has 3 N–H and O–H groups in total. The molecule has 0 aliphatic carbocycles. The first-order valence-electron chi connectivity index (χ1n) is 5.91. The van der Waals surface area contributed by atoms with Gasteiger partial charge < -0.3 is 11.1 Å². The van der Waals surface area contributed by atoms with Crippen molar-refractivity contribution in [2.45, 2.75) is 6.92 Å². The molecule has 0 fully saturated rings. The van der Waals surface area contributed by atoms with Crippen LogP contribution in [0.1, 0.15) is 11.1 Å². The first-order valence-corrected chi connectivity index (χ1v) is 5.91. The predicted octanol–water partition coefficient (Wildman–Crippen LogP) is 2.62. The van der Waals surface area contributed by atoms with E-state index >= 15 is 0 Å². The van der Waals surface area contributed by atoms with E-state index in [1.165, 1.54) is 6.08 Å². The molecule has 0 radical (unpaired) electrons. The van der Waals surface area contributed by atoms with Crippen molar-refractivity contribution in [3.05, 3.63) is 59.8 Å². The van der Waals surface area contributed by atoms with Crippen molar-refractivity contribution >= 4 is 23.5 Å². The number of aromatic nitrogens is 1. The van der Waals surface area contributed by atoms with Gasteiger partial charge in [0.25, 0.3) is 0 Å². The van der Waals surface area contributed by atoms with E-state index in [0.717, 1.165) is 11.1 Å². The van der Waals surface area contributed by atoms with E-state index in [0.29, 0.717) is 11.5 Å². The molecular weight excluding hydrogens is 238 g/mol. The van der Waals surface area contributed by atoms with E-state index in [1.54, 1.807) is 24.4 Å². The van der Waals surface area contributed by atoms with Gasteiger partial charge in [0.2, 0.25) is 5.91 Å². The molecule has 1 aromatic heterocycles. The van der Waals surface area contributed by atoms with Gasteiger partial charge in [0.1, 0.15) is 5.82 Å². The highest BCUT2D eigenvalue weighted by molar-refractivity contribution is 6.01. The van der Waals surface area contributed by atoms with Gasteiger partial charge in [0, 0.05) is 18.0 Å². The lowest BCUT2D eigenvalue weighted by molar-refractivity contribution is -0.111. The fraction of sp³-hybridized carbons (Fsp3) is 0.0667. The van der Waals surface area contributed by atoms with Crippen molar-refractivity contribution in [2.24, 2.45) is 0 Å². The minimum Gasteiger partial charge on any atom is -0.399 e. The molecule has 0 bridgehead atoms. The zero-order valence-corrected chi connectivity index (χ0v) is 10.6. The van der Waals surface area contributed by atoms with Gasteiger partial charge in [-0.2, -0.15) is 0 Å². The van der Waals surface area contributed by atoms with Gasteiger partial charge in [-0.15, -0.1) is 0 Å². The second kappa shape index (κ2) is 5.82. The molecule has 19 heavy (non-hydrogen) atoms. The minimum absolute atomic E-state index is 0.213.